The molecule has 0 spiro atoms. The zero-order chi connectivity index (χ0) is 24.4. The van der Waals surface area contributed by atoms with Gasteiger partial charge in [-0.3, -0.25) is 14.8 Å². The summed E-state index contributed by atoms with van der Waals surface area (Å²) in [5.74, 6) is -0.253. The smallest absolute Gasteiger partial charge is 0.294 e. The first-order chi connectivity index (χ1) is 15.5. The minimum Gasteiger partial charge on any atom is -0.378 e. The fourth-order valence-corrected chi connectivity index (χ4v) is 3.67. The highest BCUT2D eigenvalue weighted by Crippen LogP contribution is 2.27. The van der Waals surface area contributed by atoms with E-state index in [0.29, 0.717) is 4.91 Å². The summed E-state index contributed by atoms with van der Waals surface area (Å²) in [4.78, 5) is 12.7. The molecule has 0 atom stereocenters. The van der Waals surface area contributed by atoms with Gasteiger partial charge in [-0.25, -0.2) is 0 Å². The Balaban J connectivity index is 0.000000294. The molecular weight excluding hydrogens is 458 g/mol. The van der Waals surface area contributed by atoms with Crippen molar-refractivity contribution in [3.05, 3.63) is 102 Å². The second kappa shape index (κ2) is 12.0. The lowest BCUT2D eigenvalue weighted by Gasteiger charge is -2.07. The van der Waals surface area contributed by atoms with Gasteiger partial charge in [0.1, 0.15) is 0 Å². The molecule has 3 aromatic carbocycles. The van der Waals surface area contributed by atoms with E-state index in [1.165, 1.54) is 18.2 Å². The van der Waals surface area contributed by atoms with Gasteiger partial charge in [-0.15, -0.1) is 0 Å². The van der Waals surface area contributed by atoms with Gasteiger partial charge in [-0.05, 0) is 43.7 Å². The van der Waals surface area contributed by atoms with Crippen molar-refractivity contribution in [1.29, 1.82) is 5.41 Å². The number of carbonyl (C=O) groups excluding carboxylic acids is 1. The zero-order valence-corrected chi connectivity index (χ0v) is 19.8. The van der Waals surface area contributed by atoms with Crippen molar-refractivity contribution in [3.63, 3.8) is 0 Å². The molecule has 172 valence electrons. The van der Waals surface area contributed by atoms with Crippen LogP contribution in [0.5, 0.6) is 0 Å². The highest BCUT2D eigenvalue weighted by Gasteiger charge is 2.08. The van der Waals surface area contributed by atoms with E-state index < -0.39 is 10.1 Å². The number of rotatable bonds is 5. The van der Waals surface area contributed by atoms with E-state index in [4.69, 9.17) is 15.7 Å². The van der Waals surface area contributed by atoms with Crippen molar-refractivity contribution < 1.29 is 17.8 Å². The summed E-state index contributed by atoms with van der Waals surface area (Å²) in [6.45, 7) is 3.83. The van der Waals surface area contributed by atoms with Gasteiger partial charge in [-0.1, -0.05) is 77.5 Å². The molecule has 0 unspecified atom stereocenters. The summed E-state index contributed by atoms with van der Waals surface area (Å²) < 4.78 is 29.6. The number of aryl methyl sites for hydroxylation is 2. The van der Waals surface area contributed by atoms with Gasteiger partial charge < -0.3 is 11.1 Å². The summed E-state index contributed by atoms with van der Waals surface area (Å²) >= 11 is 1.06. The monoisotopic (exact) mass is 483 g/mol. The van der Waals surface area contributed by atoms with Crippen molar-refractivity contribution in [2.24, 2.45) is 5.73 Å². The lowest BCUT2D eigenvalue weighted by atomic mass is 10.2. The van der Waals surface area contributed by atoms with Crippen molar-refractivity contribution in [2.45, 2.75) is 18.7 Å². The number of carbonyl (C=O) groups is 1. The molecule has 0 aliphatic carbocycles. The Kier molecular flexibility index (Phi) is 9.41. The van der Waals surface area contributed by atoms with E-state index >= 15 is 0 Å². The molecule has 3 aromatic rings. The molecule has 9 heteroatoms. The Labute approximate surface area is 198 Å². The largest absolute Gasteiger partial charge is 0.378 e. The predicted molar refractivity (Wildman–Crippen MR) is 135 cm³/mol. The van der Waals surface area contributed by atoms with Crippen LogP contribution in [0.3, 0.4) is 0 Å². The van der Waals surface area contributed by atoms with E-state index in [1.54, 1.807) is 12.1 Å². The summed E-state index contributed by atoms with van der Waals surface area (Å²) in [5.41, 5.74) is 9.11. The number of amides is 1. The number of nitrogens with one attached hydrogen (secondary N) is 2. The number of anilines is 1. The van der Waals surface area contributed by atoms with Crippen LogP contribution in [-0.2, 0) is 14.9 Å². The Hall–Kier alpha value is -3.40. The quantitative estimate of drug-likeness (QED) is 0.178. The van der Waals surface area contributed by atoms with Crippen LogP contribution in [0, 0.1) is 19.3 Å². The van der Waals surface area contributed by atoms with Crippen molar-refractivity contribution in [3.8, 4) is 0 Å². The van der Waals surface area contributed by atoms with Gasteiger partial charge in [0.2, 0.25) is 5.91 Å². The number of benzene rings is 3. The van der Waals surface area contributed by atoms with Gasteiger partial charge in [0.05, 0.1) is 4.90 Å². The normalized spacial score (nSPS) is 11.2. The SMILES string of the molecule is Cc1ccc(NC(=O)C=C(SC(=N)N)c2ccccc2)cc1.Cc1ccc(S(=O)(=O)O)cc1. The van der Waals surface area contributed by atoms with Crippen LogP contribution in [0.4, 0.5) is 5.69 Å². The van der Waals surface area contributed by atoms with Crippen LogP contribution in [0.2, 0.25) is 0 Å². The molecule has 5 N–H and O–H groups in total. The molecule has 0 heterocycles. The summed E-state index contributed by atoms with van der Waals surface area (Å²) in [6.07, 6.45) is 1.46. The maximum atomic E-state index is 12.2. The molecular formula is C24H25N3O4S2. The van der Waals surface area contributed by atoms with Crippen molar-refractivity contribution in [2.75, 3.05) is 5.32 Å². The highest BCUT2D eigenvalue weighted by molar-refractivity contribution is 8.21. The molecule has 0 saturated heterocycles. The summed E-state index contributed by atoms with van der Waals surface area (Å²) in [7, 11) is -4.02. The molecule has 0 aliphatic rings. The second-order valence-electron chi connectivity index (χ2n) is 6.98. The third-order valence-electron chi connectivity index (χ3n) is 4.18. The highest BCUT2D eigenvalue weighted by atomic mass is 32.2. The van der Waals surface area contributed by atoms with E-state index in [-0.39, 0.29) is 16.0 Å². The Morgan fingerprint density at radius 2 is 1.45 bits per heavy atom. The zero-order valence-electron chi connectivity index (χ0n) is 18.1. The Morgan fingerprint density at radius 3 is 1.94 bits per heavy atom. The van der Waals surface area contributed by atoms with Gasteiger partial charge in [0.25, 0.3) is 10.1 Å². The van der Waals surface area contributed by atoms with Crippen molar-refractivity contribution >= 4 is 43.5 Å². The van der Waals surface area contributed by atoms with E-state index in [0.717, 1.165) is 34.1 Å². The van der Waals surface area contributed by atoms with Gasteiger partial charge in [-0.2, -0.15) is 8.42 Å². The third kappa shape index (κ3) is 9.32. The molecule has 0 aliphatic heterocycles. The Bertz CT molecular complexity index is 1220. The number of nitrogens with two attached hydrogens (primary N) is 1. The van der Waals surface area contributed by atoms with Crippen LogP contribution in [-0.4, -0.2) is 24.0 Å². The molecule has 0 aromatic heterocycles. The Morgan fingerprint density at radius 1 is 0.939 bits per heavy atom. The molecule has 3 rings (SSSR count). The van der Waals surface area contributed by atoms with Crippen LogP contribution < -0.4 is 11.1 Å². The molecule has 1 amide bonds. The third-order valence-corrected chi connectivity index (χ3v) is 5.84. The fraction of sp³-hybridized carbons (Fsp3) is 0.0833. The summed E-state index contributed by atoms with van der Waals surface area (Å²) in [6, 6.07) is 22.9. The number of thioether (sulfide) groups is 1. The van der Waals surface area contributed by atoms with E-state index in [9.17, 15) is 13.2 Å². The number of hydrogen-bond donors (Lipinski definition) is 4. The maximum Gasteiger partial charge on any atom is 0.294 e. The fourth-order valence-electron chi connectivity index (χ4n) is 2.54. The topological polar surface area (TPSA) is 133 Å². The standard InChI is InChI=1S/C17H17N3OS.C7H8O3S/c1-12-7-9-14(10-8-12)20-16(21)11-15(22-17(18)19)13-5-3-2-4-6-13;1-6-2-4-7(5-3-6)11(8,9)10/h2-11H,1H3,(H3,18,19)(H,20,21);2-5H,1H3,(H,8,9,10). The van der Waals surface area contributed by atoms with Crippen LogP contribution in [0.1, 0.15) is 16.7 Å². The molecule has 0 fully saturated rings. The summed E-state index contributed by atoms with van der Waals surface area (Å²) in [5, 5.41) is 10.2. The van der Waals surface area contributed by atoms with Crippen molar-refractivity contribution in [1.82, 2.24) is 0 Å². The number of hydrogen-bond acceptors (Lipinski definition) is 5. The van der Waals surface area contributed by atoms with Gasteiger partial charge in [0, 0.05) is 16.7 Å². The molecule has 0 saturated carbocycles. The van der Waals surface area contributed by atoms with Gasteiger partial charge >= 0.3 is 0 Å². The minimum atomic E-state index is -4.02. The maximum absolute atomic E-state index is 12.2. The first kappa shape index (κ1) is 25.9. The average Bonchev–Trinajstić information content (AvgIpc) is 2.75. The van der Waals surface area contributed by atoms with E-state index in [1.807, 2.05) is 68.4 Å². The van der Waals surface area contributed by atoms with Crippen LogP contribution in [0.15, 0.2) is 89.8 Å². The predicted octanol–water partition coefficient (Wildman–Crippen LogP) is 4.84. The molecule has 0 bridgehead atoms. The molecule has 7 nitrogen and oxygen atoms in total. The first-order valence-corrected chi connectivity index (χ1v) is 12.0. The first-order valence-electron chi connectivity index (χ1n) is 9.75. The van der Waals surface area contributed by atoms with Crippen LogP contribution in [0.25, 0.3) is 4.91 Å². The lowest BCUT2D eigenvalue weighted by Crippen LogP contribution is -2.10. The number of amidine groups is 1. The van der Waals surface area contributed by atoms with E-state index in [2.05, 4.69) is 5.32 Å². The molecule has 0 radical (unpaired) electrons. The lowest BCUT2D eigenvalue weighted by molar-refractivity contribution is -0.111. The average molecular weight is 484 g/mol. The second-order valence-corrected chi connectivity index (χ2v) is 9.49. The van der Waals surface area contributed by atoms with Gasteiger partial charge in [0.15, 0.2) is 5.17 Å². The van der Waals surface area contributed by atoms with Crippen LogP contribution >= 0.6 is 11.8 Å². The minimum absolute atomic E-state index is 0.0572. The molecule has 33 heavy (non-hydrogen) atoms.